The van der Waals surface area contributed by atoms with Gasteiger partial charge in [0.15, 0.2) is 5.82 Å². The van der Waals surface area contributed by atoms with Crippen LogP contribution in [-0.2, 0) is 0 Å². The van der Waals surface area contributed by atoms with Crippen molar-refractivity contribution in [1.29, 1.82) is 0 Å². The molecule has 0 fully saturated rings. The van der Waals surface area contributed by atoms with E-state index in [0.29, 0.717) is 5.92 Å². The molecule has 2 heterocycles. The van der Waals surface area contributed by atoms with Crippen molar-refractivity contribution in [3.63, 3.8) is 0 Å². The molecule has 1 unspecified atom stereocenters. The van der Waals surface area contributed by atoms with Crippen LogP contribution in [0, 0.1) is 5.92 Å². The van der Waals surface area contributed by atoms with E-state index in [9.17, 15) is 0 Å². The minimum absolute atomic E-state index is 0.451. The fraction of sp³-hybridized carbons (Fsp3) is 0.538. The summed E-state index contributed by atoms with van der Waals surface area (Å²) >= 11 is 0. The minimum Gasteiger partial charge on any atom is -0.241 e. The fourth-order valence-electron chi connectivity index (χ4n) is 1.18. The van der Waals surface area contributed by atoms with E-state index in [1.165, 1.54) is 0 Å². The first-order valence-corrected chi connectivity index (χ1v) is 6.16. The third-order valence-electron chi connectivity index (χ3n) is 1.99. The lowest BCUT2D eigenvalue weighted by Crippen LogP contribution is -1.93. The number of aliphatic imine (C=N–C) groups is 1. The molecule has 1 aromatic rings. The monoisotopic (exact) mass is 221 g/mol. The van der Waals surface area contributed by atoms with Crippen LogP contribution in [0.25, 0.3) is 6.20 Å². The number of rotatable bonds is 1. The molecule has 90 valence electrons. The Balaban J connectivity index is 0.000000509. The molecule has 1 atom stereocenters. The van der Waals surface area contributed by atoms with Crippen LogP contribution in [0.2, 0.25) is 0 Å². The van der Waals surface area contributed by atoms with Gasteiger partial charge in [-0.15, -0.1) is 0 Å². The summed E-state index contributed by atoms with van der Waals surface area (Å²) in [4.78, 5) is 4.31. The van der Waals surface area contributed by atoms with E-state index in [0.717, 1.165) is 12.2 Å². The quantitative estimate of drug-likeness (QED) is 0.700. The van der Waals surface area contributed by atoms with E-state index in [-0.39, 0.29) is 0 Å². The van der Waals surface area contributed by atoms with Crippen molar-refractivity contribution < 1.29 is 0 Å². The second-order valence-corrected chi connectivity index (χ2v) is 2.83. The first-order valence-electron chi connectivity index (χ1n) is 6.16. The zero-order valence-electron chi connectivity index (χ0n) is 11.0. The maximum Gasteiger partial charge on any atom is 0.154 e. The first-order chi connectivity index (χ1) is 7.90. The van der Waals surface area contributed by atoms with Crippen molar-refractivity contribution in [3.05, 3.63) is 18.3 Å². The smallest absolute Gasteiger partial charge is 0.154 e. The second kappa shape index (κ2) is 8.89. The Morgan fingerprint density at radius 1 is 1.25 bits per heavy atom. The van der Waals surface area contributed by atoms with Gasteiger partial charge in [-0.3, -0.25) is 0 Å². The fourth-order valence-corrected chi connectivity index (χ4v) is 1.18. The Bertz CT molecular complexity index is 295. The number of allylic oxidation sites excluding steroid dienone is 1. The van der Waals surface area contributed by atoms with Gasteiger partial charge in [-0.2, -0.15) is 5.10 Å². The van der Waals surface area contributed by atoms with Crippen LogP contribution in [0.15, 0.2) is 23.3 Å². The molecule has 0 N–H and O–H groups in total. The zero-order valence-corrected chi connectivity index (χ0v) is 11.0. The molecule has 1 aliphatic rings. The number of hydrogen-bond acceptors (Lipinski definition) is 2. The lowest BCUT2D eigenvalue weighted by Gasteiger charge is -1.96. The van der Waals surface area contributed by atoms with Gasteiger partial charge >= 0.3 is 0 Å². The summed E-state index contributed by atoms with van der Waals surface area (Å²) in [6, 6.07) is 1.90. The maximum absolute atomic E-state index is 4.31. The number of hydrogen-bond donors (Lipinski definition) is 0. The van der Waals surface area contributed by atoms with Gasteiger partial charge in [0, 0.05) is 24.4 Å². The van der Waals surface area contributed by atoms with Crippen LogP contribution in [0.1, 0.15) is 41.0 Å². The second-order valence-electron chi connectivity index (χ2n) is 2.83. The topological polar surface area (TPSA) is 30.2 Å². The highest BCUT2D eigenvalue weighted by molar-refractivity contribution is 5.69. The molecule has 0 spiro atoms. The van der Waals surface area contributed by atoms with Crippen molar-refractivity contribution >= 4 is 18.2 Å². The summed E-state index contributed by atoms with van der Waals surface area (Å²) < 4.78 is 1.78. The molecule has 0 saturated carbocycles. The zero-order chi connectivity index (χ0) is 12.4. The van der Waals surface area contributed by atoms with Crippen LogP contribution in [0.4, 0.5) is 5.82 Å². The lowest BCUT2D eigenvalue weighted by atomic mass is 10.1. The van der Waals surface area contributed by atoms with E-state index in [2.05, 4.69) is 23.1 Å². The van der Waals surface area contributed by atoms with Crippen LogP contribution >= 0.6 is 0 Å². The molecule has 0 radical (unpaired) electrons. The summed E-state index contributed by atoms with van der Waals surface area (Å²) in [6.45, 7) is 10.1. The van der Waals surface area contributed by atoms with Gasteiger partial charge in [-0.1, -0.05) is 40.7 Å². The highest BCUT2D eigenvalue weighted by atomic mass is 15.3. The molecule has 16 heavy (non-hydrogen) atoms. The predicted molar refractivity (Wildman–Crippen MR) is 72.2 cm³/mol. The minimum atomic E-state index is 0.451. The molecule has 0 aliphatic carbocycles. The summed E-state index contributed by atoms with van der Waals surface area (Å²) in [5.41, 5.74) is 0. The van der Waals surface area contributed by atoms with Crippen LogP contribution in [0.5, 0.6) is 0 Å². The van der Waals surface area contributed by atoms with Gasteiger partial charge in [-0.05, 0) is 6.42 Å². The average Bonchev–Trinajstić information content (AvgIpc) is 2.74. The van der Waals surface area contributed by atoms with Gasteiger partial charge in [0.1, 0.15) is 0 Å². The molecule has 0 aromatic carbocycles. The van der Waals surface area contributed by atoms with Crippen molar-refractivity contribution in [3.8, 4) is 0 Å². The molecule has 1 aliphatic heterocycles. The Labute approximate surface area is 98.9 Å². The molecule has 0 bridgehead atoms. The van der Waals surface area contributed by atoms with Gasteiger partial charge < -0.3 is 0 Å². The van der Waals surface area contributed by atoms with Gasteiger partial charge in [-0.25, -0.2) is 9.67 Å². The molecule has 1 aromatic heterocycles. The Hall–Kier alpha value is -1.38. The van der Waals surface area contributed by atoms with Crippen molar-refractivity contribution in [1.82, 2.24) is 9.78 Å². The van der Waals surface area contributed by atoms with Gasteiger partial charge in [0.05, 0.1) is 6.20 Å². The normalized spacial score (nSPS) is 16.2. The highest BCUT2D eigenvalue weighted by Gasteiger charge is 2.04. The highest BCUT2D eigenvalue weighted by Crippen LogP contribution is 2.16. The third kappa shape index (κ3) is 4.01. The largest absolute Gasteiger partial charge is 0.241 e. The SMILES string of the molecule is CC.CC.CCC1C=Cn2nccc2N=C1. The molecule has 3 nitrogen and oxygen atoms in total. The van der Waals surface area contributed by atoms with E-state index in [4.69, 9.17) is 0 Å². The van der Waals surface area contributed by atoms with Crippen molar-refractivity contribution in [2.75, 3.05) is 0 Å². The number of nitrogens with zero attached hydrogens (tertiary/aromatic N) is 3. The van der Waals surface area contributed by atoms with Gasteiger partial charge in [0.25, 0.3) is 0 Å². The molecule has 0 saturated heterocycles. The Morgan fingerprint density at radius 3 is 2.56 bits per heavy atom. The molecule has 0 amide bonds. The van der Waals surface area contributed by atoms with E-state index in [1.807, 2.05) is 46.2 Å². The number of fused-ring (bicyclic) bond motifs is 1. The van der Waals surface area contributed by atoms with Gasteiger partial charge in [0.2, 0.25) is 0 Å². The van der Waals surface area contributed by atoms with E-state index >= 15 is 0 Å². The predicted octanol–water partition coefficient (Wildman–Crippen LogP) is 4.15. The molecule has 2 rings (SSSR count). The average molecular weight is 221 g/mol. The van der Waals surface area contributed by atoms with Crippen molar-refractivity contribution in [2.24, 2.45) is 10.9 Å². The Kier molecular flexibility index (Phi) is 8.12. The first kappa shape index (κ1) is 14.6. The standard InChI is InChI=1S/C9H11N3.2C2H6/c1-2-8-4-6-12-9(10-7-8)3-5-11-12;2*1-2/h3-8H,2H2,1H3;2*1-2H3. The maximum atomic E-state index is 4.31. The van der Waals surface area contributed by atoms with E-state index < -0.39 is 0 Å². The van der Waals surface area contributed by atoms with Crippen LogP contribution < -0.4 is 0 Å². The third-order valence-corrected chi connectivity index (χ3v) is 1.99. The summed E-state index contributed by atoms with van der Waals surface area (Å²) in [7, 11) is 0. The summed E-state index contributed by atoms with van der Waals surface area (Å²) in [6.07, 6.45) is 8.90. The summed E-state index contributed by atoms with van der Waals surface area (Å²) in [5.74, 6) is 1.36. The van der Waals surface area contributed by atoms with Crippen LogP contribution in [-0.4, -0.2) is 16.0 Å². The Morgan fingerprint density at radius 2 is 1.94 bits per heavy atom. The molecular weight excluding hydrogens is 198 g/mol. The number of aromatic nitrogens is 2. The van der Waals surface area contributed by atoms with Crippen LogP contribution in [0.3, 0.4) is 0 Å². The molecule has 3 heteroatoms. The van der Waals surface area contributed by atoms with Crippen molar-refractivity contribution in [2.45, 2.75) is 41.0 Å². The summed E-state index contributed by atoms with van der Waals surface area (Å²) in [5, 5.41) is 4.10. The lowest BCUT2D eigenvalue weighted by molar-refractivity contribution is 0.833. The molecular formula is C13H23N3. The van der Waals surface area contributed by atoms with E-state index in [1.54, 1.807) is 10.9 Å².